The Morgan fingerprint density at radius 2 is 1.14 bits per heavy atom. The summed E-state index contributed by atoms with van der Waals surface area (Å²) >= 11 is 0. The molecule has 0 bridgehead atoms. The van der Waals surface area contributed by atoms with Crippen LogP contribution in [0.1, 0.15) is 181 Å². The Morgan fingerprint density at radius 3 is 1.58 bits per heavy atom. The summed E-state index contributed by atoms with van der Waals surface area (Å²) < 4.78 is 87.0. The van der Waals surface area contributed by atoms with Crippen LogP contribution in [0, 0.1) is 0 Å². The number of ether oxygens (including phenoxy) is 2. The third kappa shape index (κ3) is 33.9. The summed E-state index contributed by atoms with van der Waals surface area (Å²) in [5, 5.41) is 34.8. The van der Waals surface area contributed by atoms with Crippen molar-refractivity contribution in [2.45, 2.75) is 224 Å². The van der Waals surface area contributed by atoms with E-state index in [9.17, 15) is 46.1 Å². The van der Waals surface area contributed by atoms with Gasteiger partial charge in [0.25, 0.3) is 0 Å². The van der Waals surface area contributed by atoms with Gasteiger partial charge in [-0.1, -0.05) is 167 Å². The van der Waals surface area contributed by atoms with Gasteiger partial charge >= 0.3 is 59.1 Å². The first kappa shape index (κ1) is 61.8. The van der Waals surface area contributed by atoms with E-state index < -0.39 is 76.9 Å². The zero-order chi connectivity index (χ0) is 42.4. The van der Waals surface area contributed by atoms with Gasteiger partial charge in [-0.05, 0) is 19.3 Å². The number of aliphatic hydroxyl groups is 3. The van der Waals surface area contributed by atoms with Crippen LogP contribution in [0.3, 0.4) is 0 Å². The molecule has 0 aromatic rings. The molecule has 1 aliphatic heterocycles. The molecule has 15 nitrogen and oxygen atoms in total. The van der Waals surface area contributed by atoms with Crippen molar-refractivity contribution in [2.75, 3.05) is 13.2 Å². The number of carbonyl (C=O) groups is 1. The molecule has 338 valence electrons. The topological polar surface area (TPSA) is 241 Å². The van der Waals surface area contributed by atoms with Gasteiger partial charge in [0.1, 0.15) is 18.3 Å². The predicted molar refractivity (Wildman–Crippen MR) is 215 cm³/mol. The molecule has 0 aromatic carbocycles. The molecular formula is C40H75NNa2O14S2. The van der Waals surface area contributed by atoms with Crippen LogP contribution in [0.4, 0.5) is 0 Å². The maximum Gasteiger partial charge on any atom is 1.00 e. The van der Waals surface area contributed by atoms with E-state index in [1.807, 2.05) is 0 Å². The maximum atomic E-state index is 13.0. The van der Waals surface area contributed by atoms with Crippen LogP contribution in [0.25, 0.3) is 0 Å². The Balaban J connectivity index is 0. The van der Waals surface area contributed by atoms with E-state index in [-0.39, 0.29) is 71.4 Å². The number of unbranched alkanes of at least 4 members (excludes halogenated alkanes) is 23. The van der Waals surface area contributed by atoms with Crippen molar-refractivity contribution in [3.05, 3.63) is 12.2 Å². The second-order valence-corrected chi connectivity index (χ2v) is 17.5. The molecule has 1 heterocycles. The third-order valence-corrected chi connectivity index (χ3v) is 11.1. The first-order chi connectivity index (χ1) is 27.2. The van der Waals surface area contributed by atoms with Crippen LogP contribution < -0.4 is 64.4 Å². The van der Waals surface area contributed by atoms with Gasteiger partial charge in [0.15, 0.2) is 12.4 Å². The first-order valence-corrected chi connectivity index (χ1v) is 24.4. The van der Waals surface area contributed by atoms with E-state index in [0.29, 0.717) is 12.8 Å². The van der Waals surface area contributed by atoms with E-state index in [4.69, 9.17) is 9.47 Å². The van der Waals surface area contributed by atoms with Gasteiger partial charge < -0.3 is 39.2 Å². The number of nitrogens with one attached hydrogen (secondary N) is 1. The summed E-state index contributed by atoms with van der Waals surface area (Å²) in [6.45, 7) is 2.80. The Labute approximate surface area is 400 Å². The molecule has 19 heteroatoms. The molecule has 0 saturated carbocycles. The Bertz CT molecular complexity index is 1260. The Kier molecular flexibility index (Phi) is 39.9. The Hall–Kier alpha value is 0.750. The van der Waals surface area contributed by atoms with Crippen molar-refractivity contribution in [1.82, 2.24) is 5.32 Å². The van der Waals surface area contributed by atoms with Gasteiger partial charge in [-0.3, -0.25) is 13.2 Å². The summed E-state index contributed by atoms with van der Waals surface area (Å²) in [5.74, 6) is -0.369. The van der Waals surface area contributed by atoms with Crippen LogP contribution in [-0.4, -0.2) is 103 Å². The van der Waals surface area contributed by atoms with Crippen molar-refractivity contribution < 1.29 is 123 Å². The number of allylic oxidation sites excluding steroid dienone is 1. The average molecular weight is 904 g/mol. The molecule has 1 rings (SSSR count). The standard InChI is InChI=1S/C40H77NO14S2.2Na/c1-3-5-7-9-11-13-15-17-19-21-23-25-27-29-34(42)33(41-36(43)30-28-26-24-22-20-18-16-14-12-10-8-6-4-2)31-52-40-39(55-57(49,50)51)38(45)37(44)35(54-40)32-53-56(46,47)48;;/h27,29,33-35,37-40,42,44-45H,3-26,28,30-32H2,1-2H3,(H,41,43)(H,46,47,48)(H,49,50,51);;/q;2*+1/p-2/b29-27+;;/t33-,34+,35+,37-,38-,39+,40-;;/m0../s1. The number of rotatable bonds is 37. The average Bonchev–Trinajstić information content (AvgIpc) is 3.15. The molecule has 4 N–H and O–H groups in total. The van der Waals surface area contributed by atoms with E-state index in [2.05, 4.69) is 27.5 Å². The van der Waals surface area contributed by atoms with Crippen LogP contribution >= 0.6 is 0 Å². The minimum Gasteiger partial charge on any atom is -0.726 e. The van der Waals surface area contributed by atoms with E-state index in [1.165, 1.54) is 109 Å². The van der Waals surface area contributed by atoms with E-state index in [1.54, 1.807) is 6.08 Å². The number of carbonyl (C=O) groups excluding carboxylic acids is 1. The summed E-state index contributed by atoms with van der Waals surface area (Å²) in [5.41, 5.74) is 0. The molecule has 7 atom stereocenters. The minimum absolute atomic E-state index is 0. The fourth-order valence-electron chi connectivity index (χ4n) is 6.87. The Morgan fingerprint density at radius 1 is 0.695 bits per heavy atom. The number of hydrogen-bond donors (Lipinski definition) is 4. The second kappa shape index (κ2) is 38.1. The summed E-state index contributed by atoms with van der Waals surface area (Å²) in [6.07, 6.45) is 21.0. The summed E-state index contributed by atoms with van der Waals surface area (Å²) in [4.78, 5) is 13.0. The predicted octanol–water partition coefficient (Wildman–Crippen LogP) is 0.364. The largest absolute Gasteiger partial charge is 1.00 e. The molecule has 0 aliphatic carbocycles. The van der Waals surface area contributed by atoms with E-state index in [0.717, 1.165) is 44.9 Å². The fourth-order valence-corrected chi connectivity index (χ4v) is 7.65. The van der Waals surface area contributed by atoms with Crippen molar-refractivity contribution in [3.8, 4) is 0 Å². The van der Waals surface area contributed by atoms with Crippen molar-refractivity contribution in [1.29, 1.82) is 0 Å². The van der Waals surface area contributed by atoms with Gasteiger partial charge in [0, 0.05) is 6.42 Å². The van der Waals surface area contributed by atoms with Gasteiger partial charge in [-0.2, -0.15) is 0 Å². The number of amides is 1. The SMILES string of the molecule is CCCCCCCCCCCCC/C=C/[C@@H](O)[C@H](CO[C@H]1O[C@H](COS(=O)(=O)[O-])[C@H](O)[C@H](O)[C@H]1OS(=O)(=O)[O-])NC(=O)CCCCCCCCCCCCCCC.[Na+].[Na+]. The molecule has 59 heavy (non-hydrogen) atoms. The van der Waals surface area contributed by atoms with E-state index >= 15 is 0 Å². The molecule has 1 aliphatic rings. The zero-order valence-electron chi connectivity index (χ0n) is 36.6. The van der Waals surface area contributed by atoms with Gasteiger partial charge in [0.05, 0.1) is 25.4 Å². The molecule has 0 spiro atoms. The van der Waals surface area contributed by atoms with Crippen molar-refractivity contribution in [3.63, 3.8) is 0 Å². The molecule has 0 radical (unpaired) electrons. The zero-order valence-corrected chi connectivity index (χ0v) is 42.3. The monoisotopic (exact) mass is 903 g/mol. The van der Waals surface area contributed by atoms with Crippen LogP contribution in [0.15, 0.2) is 12.2 Å². The minimum atomic E-state index is -5.49. The van der Waals surface area contributed by atoms with Gasteiger partial charge in [0.2, 0.25) is 26.7 Å². The van der Waals surface area contributed by atoms with Crippen molar-refractivity contribution >= 4 is 26.7 Å². The third-order valence-electron chi connectivity index (χ3n) is 10.3. The van der Waals surface area contributed by atoms with Crippen LogP contribution in [0.5, 0.6) is 0 Å². The molecule has 1 saturated heterocycles. The van der Waals surface area contributed by atoms with Crippen LogP contribution in [-0.2, 0) is 43.4 Å². The molecular weight excluding hydrogens is 829 g/mol. The maximum absolute atomic E-state index is 13.0. The molecule has 0 unspecified atom stereocenters. The van der Waals surface area contributed by atoms with Gasteiger partial charge in [-0.25, -0.2) is 16.8 Å². The quantitative estimate of drug-likeness (QED) is 0.0217. The first-order valence-electron chi connectivity index (χ1n) is 21.7. The number of aliphatic hydroxyl groups excluding tert-OH is 3. The summed E-state index contributed by atoms with van der Waals surface area (Å²) in [7, 11) is -10.7. The second-order valence-electron chi connectivity index (χ2n) is 15.4. The normalized spacial score (nSPS) is 20.8. The molecule has 1 fully saturated rings. The smallest absolute Gasteiger partial charge is 0.726 e. The molecule has 1 amide bonds. The number of hydrogen-bond acceptors (Lipinski definition) is 14. The summed E-state index contributed by atoms with van der Waals surface area (Å²) in [6, 6.07) is -1.11. The van der Waals surface area contributed by atoms with Crippen LogP contribution in [0.2, 0.25) is 0 Å². The molecule has 0 aromatic heterocycles. The fraction of sp³-hybridized carbons (Fsp3) is 0.925. The van der Waals surface area contributed by atoms with Crippen molar-refractivity contribution in [2.24, 2.45) is 0 Å². The van der Waals surface area contributed by atoms with Gasteiger partial charge in [-0.15, -0.1) is 0 Å².